The summed E-state index contributed by atoms with van der Waals surface area (Å²) in [5, 5.41) is 0. The third-order valence-electron chi connectivity index (χ3n) is 2.85. The van der Waals surface area contributed by atoms with Crippen LogP contribution in [-0.4, -0.2) is 29.4 Å². The fraction of sp³-hybridized carbons (Fsp3) is 0.333. The lowest BCUT2D eigenvalue weighted by Gasteiger charge is -2.17. The van der Waals surface area contributed by atoms with Crippen LogP contribution < -0.4 is 0 Å². The first-order chi connectivity index (χ1) is 11.1. The molecule has 0 saturated carbocycles. The summed E-state index contributed by atoms with van der Waals surface area (Å²) in [5.41, 5.74) is 0.703. The van der Waals surface area contributed by atoms with Gasteiger partial charge in [-0.25, -0.2) is 4.79 Å². The van der Waals surface area contributed by atoms with Gasteiger partial charge in [0.15, 0.2) is 0 Å². The zero-order valence-corrected chi connectivity index (χ0v) is 17.8. The molecule has 0 radical (unpaired) electrons. The van der Waals surface area contributed by atoms with Crippen LogP contribution in [0.15, 0.2) is 39.3 Å². The van der Waals surface area contributed by atoms with Crippen molar-refractivity contribution in [1.82, 2.24) is 0 Å². The Morgan fingerprint density at radius 3 is 2.33 bits per heavy atom. The summed E-state index contributed by atoms with van der Waals surface area (Å²) >= 11 is 23.2. The van der Waals surface area contributed by atoms with Gasteiger partial charge in [0.05, 0.1) is 17.5 Å². The van der Waals surface area contributed by atoms with Crippen LogP contribution in [0.2, 0.25) is 0 Å². The predicted molar refractivity (Wildman–Crippen MR) is 102 cm³/mol. The highest BCUT2D eigenvalue weighted by molar-refractivity contribution is 9.12. The average molecular weight is 523 g/mol. The molecule has 0 heterocycles. The summed E-state index contributed by atoms with van der Waals surface area (Å²) in [4.78, 5) is 23.8. The van der Waals surface area contributed by atoms with Crippen LogP contribution in [0.1, 0.15) is 17.9 Å². The number of alkyl halides is 3. The number of rotatable bonds is 6. The van der Waals surface area contributed by atoms with Crippen molar-refractivity contribution in [2.75, 3.05) is 13.7 Å². The zero-order valence-electron chi connectivity index (χ0n) is 12.4. The van der Waals surface area contributed by atoms with E-state index in [1.807, 2.05) is 0 Å². The number of benzene rings is 1. The standard InChI is InChI=1S/C15H13Br2Cl3O4/c1-23-14(22)12(17)7-6-11(9-2-4-10(16)5-3-9)13(21)24-8-15(18,19)20/h2-5,7,11H,6,8H2,1H3/b12-7-/t11-/m0/s1. The minimum absolute atomic E-state index is 0.204. The van der Waals surface area contributed by atoms with Gasteiger partial charge in [-0.3, -0.25) is 4.79 Å². The van der Waals surface area contributed by atoms with Crippen molar-refractivity contribution in [3.63, 3.8) is 0 Å². The lowest BCUT2D eigenvalue weighted by molar-refractivity contribution is -0.145. The van der Waals surface area contributed by atoms with Gasteiger partial charge in [0, 0.05) is 4.47 Å². The van der Waals surface area contributed by atoms with E-state index in [0.29, 0.717) is 5.56 Å². The molecule has 132 valence electrons. The predicted octanol–water partition coefficient (Wildman–Crippen LogP) is 5.29. The number of methoxy groups -OCH3 is 1. The molecule has 0 saturated heterocycles. The van der Waals surface area contributed by atoms with E-state index in [4.69, 9.17) is 39.5 Å². The molecule has 0 spiro atoms. The fourth-order valence-electron chi connectivity index (χ4n) is 1.72. The first-order valence-electron chi connectivity index (χ1n) is 6.57. The molecule has 0 amide bonds. The Kier molecular flexibility index (Phi) is 9.09. The summed E-state index contributed by atoms with van der Waals surface area (Å²) in [6.45, 7) is -0.370. The van der Waals surface area contributed by atoms with E-state index in [1.165, 1.54) is 13.2 Å². The maximum absolute atomic E-state index is 12.4. The number of esters is 2. The maximum atomic E-state index is 12.4. The van der Waals surface area contributed by atoms with Crippen LogP contribution in [0, 0.1) is 0 Å². The molecular formula is C15H13Br2Cl3O4. The number of halogens is 5. The Balaban J connectivity index is 2.97. The van der Waals surface area contributed by atoms with Crippen molar-refractivity contribution in [2.45, 2.75) is 16.1 Å². The monoisotopic (exact) mass is 520 g/mol. The van der Waals surface area contributed by atoms with E-state index in [2.05, 4.69) is 36.6 Å². The Morgan fingerprint density at radius 1 is 1.25 bits per heavy atom. The number of carbonyl (C=O) groups excluding carboxylic acids is 2. The summed E-state index contributed by atoms with van der Waals surface area (Å²) in [6, 6.07) is 7.13. The molecule has 1 aromatic rings. The van der Waals surface area contributed by atoms with Crippen molar-refractivity contribution in [1.29, 1.82) is 0 Å². The number of carbonyl (C=O) groups is 2. The van der Waals surface area contributed by atoms with E-state index < -0.39 is 21.6 Å². The molecule has 0 aliphatic heterocycles. The molecule has 1 atom stereocenters. The van der Waals surface area contributed by atoms with Gasteiger partial charge in [0.2, 0.25) is 3.79 Å². The topological polar surface area (TPSA) is 52.6 Å². The lowest BCUT2D eigenvalue weighted by atomic mass is 9.95. The van der Waals surface area contributed by atoms with Gasteiger partial charge in [-0.1, -0.05) is 68.9 Å². The maximum Gasteiger partial charge on any atom is 0.344 e. The number of hydrogen-bond acceptors (Lipinski definition) is 4. The molecule has 0 fully saturated rings. The third kappa shape index (κ3) is 7.74. The molecule has 0 aliphatic carbocycles. The Bertz CT molecular complexity index is 612. The zero-order chi connectivity index (χ0) is 18.3. The highest BCUT2D eigenvalue weighted by Gasteiger charge is 2.27. The van der Waals surface area contributed by atoms with Gasteiger partial charge in [0.1, 0.15) is 6.61 Å². The fourth-order valence-corrected chi connectivity index (χ4v) is 2.50. The second-order valence-electron chi connectivity index (χ2n) is 4.61. The highest BCUT2D eigenvalue weighted by atomic mass is 79.9. The minimum atomic E-state index is -1.69. The summed E-state index contributed by atoms with van der Waals surface area (Å²) in [5.74, 6) is -1.77. The van der Waals surface area contributed by atoms with Crippen LogP contribution >= 0.6 is 66.7 Å². The van der Waals surface area contributed by atoms with Gasteiger partial charge in [-0.2, -0.15) is 0 Å². The normalized spacial score (nSPS) is 13.3. The third-order valence-corrected chi connectivity index (χ3v) is 4.35. The summed E-state index contributed by atoms with van der Waals surface area (Å²) < 4.78 is 9.04. The van der Waals surface area contributed by atoms with Crippen LogP contribution in [0.25, 0.3) is 0 Å². The minimum Gasteiger partial charge on any atom is -0.465 e. The van der Waals surface area contributed by atoms with E-state index >= 15 is 0 Å². The molecule has 0 unspecified atom stereocenters. The molecule has 24 heavy (non-hydrogen) atoms. The van der Waals surface area contributed by atoms with Gasteiger partial charge in [0.25, 0.3) is 0 Å². The largest absolute Gasteiger partial charge is 0.465 e. The van der Waals surface area contributed by atoms with E-state index in [9.17, 15) is 9.59 Å². The molecule has 0 aromatic heterocycles. The smallest absolute Gasteiger partial charge is 0.344 e. The molecule has 0 bridgehead atoms. The van der Waals surface area contributed by atoms with Crippen LogP contribution in [0.4, 0.5) is 0 Å². The van der Waals surface area contributed by atoms with Crippen molar-refractivity contribution in [2.24, 2.45) is 0 Å². The summed E-state index contributed by atoms with van der Waals surface area (Å²) in [7, 11) is 1.26. The van der Waals surface area contributed by atoms with Gasteiger partial charge >= 0.3 is 11.9 Å². The van der Waals surface area contributed by atoms with Gasteiger partial charge in [-0.15, -0.1) is 0 Å². The molecular weight excluding hydrogens is 510 g/mol. The number of ether oxygens (including phenoxy) is 2. The molecule has 0 aliphatic rings. The first-order valence-corrected chi connectivity index (χ1v) is 9.29. The molecule has 1 aromatic carbocycles. The first kappa shape index (κ1) is 21.8. The van der Waals surface area contributed by atoms with Gasteiger partial charge < -0.3 is 9.47 Å². The second kappa shape index (κ2) is 10.0. The van der Waals surface area contributed by atoms with E-state index in [1.54, 1.807) is 24.3 Å². The van der Waals surface area contributed by atoms with Crippen molar-refractivity contribution < 1.29 is 19.1 Å². The lowest BCUT2D eigenvalue weighted by Crippen LogP contribution is -2.22. The molecule has 9 heteroatoms. The Morgan fingerprint density at radius 2 is 1.83 bits per heavy atom. The summed E-state index contributed by atoms with van der Waals surface area (Å²) in [6.07, 6.45) is 1.74. The van der Waals surface area contributed by atoms with Crippen LogP contribution in [0.5, 0.6) is 0 Å². The van der Waals surface area contributed by atoms with Crippen molar-refractivity contribution >= 4 is 78.6 Å². The number of hydrogen-bond donors (Lipinski definition) is 0. The van der Waals surface area contributed by atoms with E-state index in [0.717, 1.165) is 4.47 Å². The Hall–Kier alpha value is -0.270. The Labute approximate surface area is 171 Å². The van der Waals surface area contributed by atoms with Crippen LogP contribution in [0.3, 0.4) is 0 Å². The number of allylic oxidation sites excluding steroid dienone is 1. The van der Waals surface area contributed by atoms with Gasteiger partial charge in [-0.05, 0) is 40.0 Å². The van der Waals surface area contributed by atoms with E-state index in [-0.39, 0.29) is 17.5 Å². The van der Waals surface area contributed by atoms with Crippen LogP contribution in [-0.2, 0) is 19.1 Å². The van der Waals surface area contributed by atoms with Crippen molar-refractivity contribution in [3.8, 4) is 0 Å². The average Bonchev–Trinajstić information content (AvgIpc) is 2.52. The SMILES string of the molecule is COC(=O)/C(Br)=C/C[C@H](C(=O)OCC(Cl)(Cl)Cl)c1ccc(Br)cc1. The highest BCUT2D eigenvalue weighted by Crippen LogP contribution is 2.29. The molecule has 4 nitrogen and oxygen atoms in total. The van der Waals surface area contributed by atoms with Crippen molar-refractivity contribution in [3.05, 3.63) is 44.9 Å². The molecule has 1 rings (SSSR count). The second-order valence-corrected chi connectivity index (χ2v) is 8.89. The molecule has 0 N–H and O–H groups in total. The quantitative estimate of drug-likeness (QED) is 0.289.